The maximum Gasteiger partial charge on any atom is 0.309 e. The van der Waals surface area contributed by atoms with E-state index in [1.54, 1.807) is 13.8 Å². The molecule has 0 unspecified atom stereocenters. The molecule has 0 aliphatic heterocycles. The molecule has 1 aromatic rings. The zero-order chi connectivity index (χ0) is 16.3. The Morgan fingerprint density at radius 2 is 1.81 bits per heavy atom. The van der Waals surface area contributed by atoms with E-state index in [0.29, 0.717) is 13.0 Å². The number of carbonyl (C=O) groups is 1. The van der Waals surface area contributed by atoms with E-state index in [4.69, 9.17) is 9.84 Å². The molecule has 0 amide bonds. The van der Waals surface area contributed by atoms with Crippen LogP contribution >= 0.6 is 0 Å². The molecule has 0 heterocycles. The van der Waals surface area contributed by atoms with Gasteiger partial charge in [-0.3, -0.25) is 4.79 Å². The Hall–Kier alpha value is -1.51. The molecule has 1 rings (SSSR count). The van der Waals surface area contributed by atoms with Crippen LogP contribution in [0.25, 0.3) is 0 Å². The summed E-state index contributed by atoms with van der Waals surface area (Å²) in [6, 6.07) is 6.27. The topological polar surface area (TPSA) is 46.5 Å². The average Bonchev–Trinajstić information content (AvgIpc) is 2.33. The number of benzene rings is 1. The normalized spacial score (nSPS) is 12.3. The first-order valence-electron chi connectivity index (χ1n) is 7.51. The Morgan fingerprint density at radius 1 is 1.19 bits per heavy atom. The van der Waals surface area contributed by atoms with Crippen LogP contribution < -0.4 is 4.74 Å². The van der Waals surface area contributed by atoms with Crippen molar-refractivity contribution in [3.63, 3.8) is 0 Å². The van der Waals surface area contributed by atoms with Gasteiger partial charge in [0.05, 0.1) is 12.0 Å². The lowest BCUT2D eigenvalue weighted by Gasteiger charge is -2.24. The Labute approximate surface area is 128 Å². The molecule has 0 saturated heterocycles. The van der Waals surface area contributed by atoms with Gasteiger partial charge in [-0.1, -0.05) is 32.9 Å². The van der Waals surface area contributed by atoms with Crippen LogP contribution in [-0.2, 0) is 10.2 Å². The zero-order valence-electron chi connectivity index (χ0n) is 14.1. The van der Waals surface area contributed by atoms with Gasteiger partial charge < -0.3 is 9.84 Å². The fourth-order valence-electron chi connectivity index (χ4n) is 2.17. The molecule has 0 saturated carbocycles. The number of hydrogen-bond acceptors (Lipinski definition) is 2. The van der Waals surface area contributed by atoms with Crippen molar-refractivity contribution in [2.45, 2.75) is 59.8 Å². The summed E-state index contributed by atoms with van der Waals surface area (Å²) in [4.78, 5) is 11.1. The summed E-state index contributed by atoms with van der Waals surface area (Å²) in [5.41, 5.74) is 1.70. The van der Waals surface area contributed by atoms with E-state index in [1.807, 2.05) is 6.92 Å². The van der Waals surface area contributed by atoms with E-state index in [0.717, 1.165) is 12.2 Å². The highest BCUT2D eigenvalue weighted by atomic mass is 16.5. The minimum Gasteiger partial charge on any atom is -0.493 e. The minimum atomic E-state index is -0.756. The highest BCUT2D eigenvalue weighted by molar-refractivity contribution is 5.73. The quantitative estimate of drug-likeness (QED) is 0.782. The van der Waals surface area contributed by atoms with Gasteiger partial charge >= 0.3 is 5.97 Å². The van der Waals surface area contributed by atoms with Gasteiger partial charge in [0.25, 0.3) is 0 Å². The first-order valence-corrected chi connectivity index (χ1v) is 7.51. The highest BCUT2D eigenvalue weighted by Crippen LogP contribution is 2.32. The molecule has 0 fully saturated rings. The van der Waals surface area contributed by atoms with E-state index in [-0.39, 0.29) is 5.41 Å². The Bertz CT molecular complexity index is 496. The van der Waals surface area contributed by atoms with E-state index in [9.17, 15) is 4.79 Å². The van der Waals surface area contributed by atoms with Gasteiger partial charge in [0, 0.05) is 0 Å². The van der Waals surface area contributed by atoms with Crippen molar-refractivity contribution < 1.29 is 14.6 Å². The first kappa shape index (κ1) is 17.5. The first-order chi connectivity index (χ1) is 9.54. The molecule has 3 nitrogen and oxygen atoms in total. The van der Waals surface area contributed by atoms with Crippen LogP contribution in [0, 0.1) is 12.3 Å². The SMILES string of the molecule is Cc1ccc(C(C)(C)C)c(OCCCC(C)(C)C(=O)O)c1. The fourth-order valence-corrected chi connectivity index (χ4v) is 2.17. The van der Waals surface area contributed by atoms with Gasteiger partial charge in [-0.2, -0.15) is 0 Å². The van der Waals surface area contributed by atoms with Crippen LogP contribution in [-0.4, -0.2) is 17.7 Å². The molecule has 0 radical (unpaired) electrons. The molecule has 0 atom stereocenters. The van der Waals surface area contributed by atoms with E-state index >= 15 is 0 Å². The van der Waals surface area contributed by atoms with Gasteiger partial charge in [-0.05, 0) is 56.2 Å². The lowest BCUT2D eigenvalue weighted by Crippen LogP contribution is -2.24. The van der Waals surface area contributed by atoms with Crippen LogP contribution in [0.1, 0.15) is 58.6 Å². The van der Waals surface area contributed by atoms with Crippen LogP contribution in [0.3, 0.4) is 0 Å². The predicted octanol–water partition coefficient (Wildman–Crippen LogP) is 4.56. The van der Waals surface area contributed by atoms with Crippen molar-refractivity contribution in [1.82, 2.24) is 0 Å². The number of rotatable bonds is 6. The average molecular weight is 292 g/mol. The smallest absolute Gasteiger partial charge is 0.309 e. The number of hydrogen-bond donors (Lipinski definition) is 1. The minimum absolute atomic E-state index is 0.0311. The van der Waals surface area contributed by atoms with Gasteiger partial charge in [-0.15, -0.1) is 0 Å². The summed E-state index contributed by atoms with van der Waals surface area (Å²) in [7, 11) is 0. The molecular weight excluding hydrogens is 264 g/mol. The van der Waals surface area contributed by atoms with Crippen LogP contribution in [0.15, 0.2) is 18.2 Å². The summed E-state index contributed by atoms with van der Waals surface area (Å²) < 4.78 is 5.93. The maximum atomic E-state index is 11.1. The van der Waals surface area contributed by atoms with E-state index in [1.165, 1.54) is 11.1 Å². The second kappa shape index (κ2) is 6.50. The molecule has 21 heavy (non-hydrogen) atoms. The molecule has 0 bridgehead atoms. The van der Waals surface area contributed by atoms with Gasteiger partial charge in [0.2, 0.25) is 0 Å². The Balaban J connectivity index is 2.68. The summed E-state index contributed by atoms with van der Waals surface area (Å²) >= 11 is 0. The molecule has 1 aromatic carbocycles. The molecule has 1 N–H and O–H groups in total. The third-order valence-electron chi connectivity index (χ3n) is 3.73. The highest BCUT2D eigenvalue weighted by Gasteiger charge is 2.26. The monoisotopic (exact) mass is 292 g/mol. The molecule has 0 aliphatic carbocycles. The summed E-state index contributed by atoms with van der Waals surface area (Å²) in [6.45, 7) is 12.6. The van der Waals surface area contributed by atoms with Crippen LogP contribution in [0.4, 0.5) is 0 Å². The Kier molecular flexibility index (Phi) is 5.43. The number of aliphatic carboxylic acids is 1. The molecular formula is C18H28O3. The molecule has 118 valence electrons. The number of carboxylic acids is 1. The second-order valence-corrected chi connectivity index (χ2v) is 7.39. The third kappa shape index (κ3) is 5.07. The van der Waals surface area contributed by atoms with Crippen molar-refractivity contribution >= 4 is 5.97 Å². The molecule has 0 spiro atoms. The van der Waals surface area contributed by atoms with Crippen molar-refractivity contribution in [3.05, 3.63) is 29.3 Å². The van der Waals surface area contributed by atoms with Crippen LogP contribution in [0.5, 0.6) is 5.75 Å². The van der Waals surface area contributed by atoms with Crippen LogP contribution in [0.2, 0.25) is 0 Å². The van der Waals surface area contributed by atoms with Gasteiger partial charge in [0.15, 0.2) is 0 Å². The number of aryl methyl sites for hydroxylation is 1. The van der Waals surface area contributed by atoms with Crippen molar-refractivity contribution in [2.24, 2.45) is 5.41 Å². The lowest BCUT2D eigenvalue weighted by atomic mass is 9.86. The Morgan fingerprint density at radius 3 is 2.33 bits per heavy atom. The molecule has 0 aromatic heterocycles. The number of carboxylic acid groups (broad SMARTS) is 1. The summed E-state index contributed by atoms with van der Waals surface area (Å²) in [5.74, 6) is 0.157. The summed E-state index contributed by atoms with van der Waals surface area (Å²) in [6.07, 6.45) is 1.34. The standard InChI is InChI=1S/C18H28O3/c1-13-8-9-14(17(2,3)4)15(12-13)21-11-7-10-18(5,6)16(19)20/h8-9,12H,7,10-11H2,1-6H3,(H,19,20). The van der Waals surface area contributed by atoms with Gasteiger partial charge in [0.1, 0.15) is 5.75 Å². The maximum absolute atomic E-state index is 11.1. The predicted molar refractivity (Wildman–Crippen MR) is 86.0 cm³/mol. The fraction of sp³-hybridized carbons (Fsp3) is 0.611. The van der Waals surface area contributed by atoms with Crippen molar-refractivity contribution in [3.8, 4) is 5.75 Å². The van der Waals surface area contributed by atoms with E-state index < -0.39 is 11.4 Å². The largest absolute Gasteiger partial charge is 0.493 e. The van der Waals surface area contributed by atoms with Crippen molar-refractivity contribution in [2.75, 3.05) is 6.61 Å². The second-order valence-electron chi connectivity index (χ2n) is 7.39. The van der Waals surface area contributed by atoms with E-state index in [2.05, 4.69) is 39.0 Å². The lowest BCUT2D eigenvalue weighted by molar-refractivity contribution is -0.147. The molecule has 3 heteroatoms. The van der Waals surface area contributed by atoms with Crippen molar-refractivity contribution in [1.29, 1.82) is 0 Å². The molecule has 0 aliphatic rings. The third-order valence-corrected chi connectivity index (χ3v) is 3.73. The zero-order valence-corrected chi connectivity index (χ0v) is 14.1. The van der Waals surface area contributed by atoms with Gasteiger partial charge in [-0.25, -0.2) is 0 Å². The summed E-state index contributed by atoms with van der Waals surface area (Å²) in [5, 5.41) is 9.10. The number of ether oxygens (including phenoxy) is 1.